The molecular formula is C20H26N4O3. The number of hydrogen-bond donors (Lipinski definition) is 4. The molecule has 0 amide bonds. The lowest BCUT2D eigenvalue weighted by atomic mass is 10.0. The van der Waals surface area contributed by atoms with Crippen molar-refractivity contribution in [3.8, 4) is 5.75 Å². The summed E-state index contributed by atoms with van der Waals surface area (Å²) in [5.74, 6) is 0.322. The number of nitrogens with two attached hydrogens (primary N) is 1. The number of rotatable bonds is 9. The zero-order valence-corrected chi connectivity index (χ0v) is 15.8. The predicted octanol–water partition coefficient (Wildman–Crippen LogP) is 3.13. The van der Waals surface area contributed by atoms with Crippen LogP contribution in [0.1, 0.15) is 31.0 Å². The number of ether oxygens (including phenoxy) is 2. The highest BCUT2D eigenvalue weighted by atomic mass is 16.5. The van der Waals surface area contributed by atoms with E-state index in [0.29, 0.717) is 17.9 Å². The number of methoxy groups -OCH3 is 1. The molecule has 0 heterocycles. The topological polar surface area (TPSA) is 109 Å². The van der Waals surface area contributed by atoms with Crippen LogP contribution in [-0.2, 0) is 9.53 Å². The molecule has 0 aliphatic carbocycles. The van der Waals surface area contributed by atoms with E-state index in [2.05, 4.69) is 10.6 Å². The van der Waals surface area contributed by atoms with Gasteiger partial charge in [0.25, 0.3) is 0 Å². The van der Waals surface area contributed by atoms with Crippen molar-refractivity contribution in [2.75, 3.05) is 30.9 Å². The van der Waals surface area contributed by atoms with Gasteiger partial charge in [0, 0.05) is 17.8 Å². The highest BCUT2D eigenvalue weighted by Gasteiger charge is 2.22. The first-order chi connectivity index (χ1) is 13.0. The summed E-state index contributed by atoms with van der Waals surface area (Å²) < 4.78 is 10.6. The number of anilines is 2. The molecule has 7 nitrogen and oxygen atoms in total. The molecule has 7 heteroatoms. The first-order valence-corrected chi connectivity index (χ1v) is 8.79. The Morgan fingerprint density at radius 2 is 1.89 bits per heavy atom. The molecule has 2 rings (SSSR count). The van der Waals surface area contributed by atoms with Gasteiger partial charge in [0.15, 0.2) is 6.04 Å². The van der Waals surface area contributed by atoms with Gasteiger partial charge in [-0.1, -0.05) is 6.07 Å². The van der Waals surface area contributed by atoms with Crippen molar-refractivity contribution >= 4 is 23.2 Å². The first kappa shape index (κ1) is 20.1. The van der Waals surface area contributed by atoms with E-state index >= 15 is 0 Å². The minimum Gasteiger partial charge on any atom is -0.492 e. The molecule has 5 N–H and O–H groups in total. The normalized spacial score (nSPS) is 11.4. The fourth-order valence-corrected chi connectivity index (χ4v) is 2.65. The summed E-state index contributed by atoms with van der Waals surface area (Å²) in [6, 6.07) is 11.9. The quantitative estimate of drug-likeness (QED) is 0.307. The Bertz CT molecular complexity index is 790. The van der Waals surface area contributed by atoms with Crippen molar-refractivity contribution in [2.45, 2.75) is 19.9 Å². The molecule has 1 atom stereocenters. The lowest BCUT2D eigenvalue weighted by molar-refractivity contribution is -0.141. The van der Waals surface area contributed by atoms with E-state index in [1.54, 1.807) is 24.3 Å². The summed E-state index contributed by atoms with van der Waals surface area (Å²) >= 11 is 0. The van der Waals surface area contributed by atoms with Gasteiger partial charge in [-0.15, -0.1) is 0 Å². The number of amidine groups is 1. The molecule has 1 unspecified atom stereocenters. The standard InChI is InChI=1S/C20H26N4O3/c1-4-23-16-12-14(8-11-17(16)27-5-2)18(20(25)26-3)24-15-9-6-13(7-10-15)19(21)22/h6-12,18,23-24H,4-5H2,1-3H3,(H3,21,22). The first-order valence-electron chi connectivity index (χ1n) is 8.79. The van der Waals surface area contributed by atoms with Gasteiger partial charge in [-0.05, 0) is 55.8 Å². The van der Waals surface area contributed by atoms with Crippen LogP contribution < -0.4 is 21.1 Å². The largest absolute Gasteiger partial charge is 0.492 e. The predicted molar refractivity (Wildman–Crippen MR) is 108 cm³/mol. The molecule has 0 radical (unpaired) electrons. The van der Waals surface area contributed by atoms with Crippen LogP contribution in [0.15, 0.2) is 42.5 Å². The summed E-state index contributed by atoms with van der Waals surface area (Å²) in [6.07, 6.45) is 0. The molecule has 0 saturated carbocycles. The number of nitrogen functional groups attached to an aromatic ring is 1. The third-order valence-corrected chi connectivity index (χ3v) is 3.95. The van der Waals surface area contributed by atoms with E-state index in [1.165, 1.54) is 7.11 Å². The van der Waals surface area contributed by atoms with Crippen LogP contribution in [-0.4, -0.2) is 32.1 Å². The SMILES string of the molecule is CCNc1cc(C(Nc2ccc(C(=N)N)cc2)C(=O)OC)ccc1OCC. The third-order valence-electron chi connectivity index (χ3n) is 3.95. The molecule has 2 aromatic carbocycles. The zero-order chi connectivity index (χ0) is 19.8. The summed E-state index contributed by atoms with van der Waals surface area (Å²) in [5.41, 5.74) is 8.38. The van der Waals surface area contributed by atoms with Crippen molar-refractivity contribution in [2.24, 2.45) is 5.73 Å². The third kappa shape index (κ3) is 5.13. The van der Waals surface area contributed by atoms with Gasteiger partial charge >= 0.3 is 5.97 Å². The fraction of sp³-hybridized carbons (Fsp3) is 0.300. The Balaban J connectivity index is 2.34. The fourth-order valence-electron chi connectivity index (χ4n) is 2.65. The van der Waals surface area contributed by atoms with Crippen LogP contribution in [0.2, 0.25) is 0 Å². The molecule has 0 fully saturated rings. The minimum atomic E-state index is -0.689. The highest BCUT2D eigenvalue weighted by Crippen LogP contribution is 2.30. The molecule has 2 aromatic rings. The van der Waals surface area contributed by atoms with Crippen LogP contribution in [0.25, 0.3) is 0 Å². The maximum absolute atomic E-state index is 12.4. The van der Waals surface area contributed by atoms with Crippen LogP contribution >= 0.6 is 0 Å². The second-order valence-electron chi connectivity index (χ2n) is 5.81. The van der Waals surface area contributed by atoms with E-state index in [9.17, 15) is 4.79 Å². The van der Waals surface area contributed by atoms with Crippen molar-refractivity contribution in [1.29, 1.82) is 5.41 Å². The second-order valence-corrected chi connectivity index (χ2v) is 5.81. The van der Waals surface area contributed by atoms with Gasteiger partial charge in [0.1, 0.15) is 11.6 Å². The zero-order valence-electron chi connectivity index (χ0n) is 15.8. The van der Waals surface area contributed by atoms with E-state index in [-0.39, 0.29) is 5.84 Å². The maximum Gasteiger partial charge on any atom is 0.332 e. The summed E-state index contributed by atoms with van der Waals surface area (Å²) in [7, 11) is 1.36. The van der Waals surface area contributed by atoms with Gasteiger partial charge in [0.05, 0.1) is 19.4 Å². The van der Waals surface area contributed by atoms with E-state index in [1.807, 2.05) is 32.0 Å². The summed E-state index contributed by atoms with van der Waals surface area (Å²) in [4.78, 5) is 12.4. The molecule has 0 aliphatic heterocycles. The lowest BCUT2D eigenvalue weighted by Gasteiger charge is -2.20. The van der Waals surface area contributed by atoms with Gasteiger partial charge < -0.3 is 25.8 Å². The molecular weight excluding hydrogens is 344 g/mol. The molecule has 0 aromatic heterocycles. The van der Waals surface area contributed by atoms with Crippen LogP contribution in [0.3, 0.4) is 0 Å². The van der Waals surface area contributed by atoms with Crippen LogP contribution in [0.5, 0.6) is 5.75 Å². The monoisotopic (exact) mass is 370 g/mol. The number of hydrogen-bond acceptors (Lipinski definition) is 6. The lowest BCUT2D eigenvalue weighted by Crippen LogP contribution is -2.22. The maximum atomic E-state index is 12.4. The van der Waals surface area contributed by atoms with Crippen molar-refractivity contribution in [3.05, 3.63) is 53.6 Å². The van der Waals surface area contributed by atoms with Crippen molar-refractivity contribution in [1.82, 2.24) is 0 Å². The number of carbonyl (C=O) groups excluding carboxylic acids is 1. The molecule has 0 bridgehead atoms. The van der Waals surface area contributed by atoms with Gasteiger partial charge in [-0.25, -0.2) is 4.79 Å². The Morgan fingerprint density at radius 1 is 1.19 bits per heavy atom. The molecule has 0 spiro atoms. The van der Waals surface area contributed by atoms with Crippen molar-refractivity contribution < 1.29 is 14.3 Å². The highest BCUT2D eigenvalue weighted by molar-refractivity contribution is 5.95. The smallest absolute Gasteiger partial charge is 0.332 e. The van der Waals surface area contributed by atoms with Crippen LogP contribution in [0.4, 0.5) is 11.4 Å². The minimum absolute atomic E-state index is 0.00661. The van der Waals surface area contributed by atoms with Crippen molar-refractivity contribution in [3.63, 3.8) is 0 Å². The number of nitrogens with one attached hydrogen (secondary N) is 3. The average molecular weight is 370 g/mol. The summed E-state index contributed by atoms with van der Waals surface area (Å²) in [6.45, 7) is 5.20. The van der Waals surface area contributed by atoms with E-state index < -0.39 is 12.0 Å². The number of carbonyl (C=O) groups is 1. The Morgan fingerprint density at radius 3 is 2.44 bits per heavy atom. The van der Waals surface area contributed by atoms with Gasteiger partial charge in [0.2, 0.25) is 0 Å². The van der Waals surface area contributed by atoms with Gasteiger partial charge in [-0.2, -0.15) is 0 Å². The summed E-state index contributed by atoms with van der Waals surface area (Å²) in [5, 5.41) is 13.9. The number of benzene rings is 2. The van der Waals surface area contributed by atoms with E-state index in [4.69, 9.17) is 20.6 Å². The molecule has 0 aliphatic rings. The number of esters is 1. The molecule has 0 saturated heterocycles. The Kier molecular flexibility index (Phi) is 7.05. The average Bonchev–Trinajstić information content (AvgIpc) is 2.67. The van der Waals surface area contributed by atoms with Gasteiger partial charge in [-0.3, -0.25) is 5.41 Å². The Hall–Kier alpha value is -3.22. The van der Waals surface area contributed by atoms with E-state index in [0.717, 1.165) is 23.5 Å². The molecule has 144 valence electrons. The van der Waals surface area contributed by atoms with Crippen LogP contribution in [0, 0.1) is 5.41 Å². The molecule has 27 heavy (non-hydrogen) atoms. The Labute approximate surface area is 159 Å². The second kappa shape index (κ2) is 9.47.